The number of nitrogens with zero attached hydrogens (tertiary/aromatic N) is 1. The van der Waals surface area contributed by atoms with Crippen LogP contribution < -0.4 is 0 Å². The molecule has 0 saturated carbocycles. The fraction of sp³-hybridized carbons (Fsp3) is 0.538. The molecular formula is C13H18BrClFN. The van der Waals surface area contributed by atoms with Crippen molar-refractivity contribution in [1.29, 1.82) is 0 Å². The van der Waals surface area contributed by atoms with Crippen molar-refractivity contribution < 1.29 is 4.39 Å². The van der Waals surface area contributed by atoms with Crippen LogP contribution >= 0.6 is 27.5 Å². The summed E-state index contributed by atoms with van der Waals surface area (Å²) in [6.07, 6.45) is 1.06. The van der Waals surface area contributed by atoms with Crippen LogP contribution in [0.25, 0.3) is 0 Å². The maximum Gasteiger partial charge on any atom is 0.127 e. The van der Waals surface area contributed by atoms with E-state index in [9.17, 15) is 4.39 Å². The number of hydrogen-bond donors (Lipinski definition) is 0. The highest BCUT2D eigenvalue weighted by atomic mass is 79.9. The third-order valence-corrected chi connectivity index (χ3v) is 3.49. The minimum Gasteiger partial charge on any atom is -0.297 e. The van der Waals surface area contributed by atoms with Gasteiger partial charge in [-0.05, 0) is 45.0 Å². The summed E-state index contributed by atoms with van der Waals surface area (Å²) in [6, 6.07) is 5.12. The van der Waals surface area contributed by atoms with Crippen LogP contribution in [0.1, 0.15) is 25.8 Å². The lowest BCUT2D eigenvalue weighted by molar-refractivity contribution is 0.211. The van der Waals surface area contributed by atoms with Crippen molar-refractivity contribution in [2.45, 2.75) is 32.9 Å². The molecule has 0 aliphatic carbocycles. The van der Waals surface area contributed by atoms with Gasteiger partial charge in [-0.1, -0.05) is 27.5 Å². The predicted molar refractivity (Wildman–Crippen MR) is 75.4 cm³/mol. The fourth-order valence-electron chi connectivity index (χ4n) is 1.67. The van der Waals surface area contributed by atoms with Crippen LogP contribution in [-0.2, 0) is 6.54 Å². The molecule has 0 fully saturated rings. The Labute approximate surface area is 116 Å². The number of rotatable bonds is 6. The van der Waals surface area contributed by atoms with Crippen molar-refractivity contribution in [1.82, 2.24) is 4.90 Å². The molecule has 0 bridgehead atoms. The number of alkyl halides is 1. The lowest BCUT2D eigenvalue weighted by Crippen LogP contribution is -2.31. The molecule has 1 aromatic carbocycles. The van der Waals surface area contributed by atoms with Gasteiger partial charge in [-0.3, -0.25) is 4.90 Å². The first-order valence-corrected chi connectivity index (χ1v) is 7.28. The zero-order valence-corrected chi connectivity index (χ0v) is 12.6. The van der Waals surface area contributed by atoms with E-state index in [2.05, 4.69) is 34.7 Å². The molecule has 0 heterocycles. The second-order valence-corrected chi connectivity index (χ2v) is 5.57. The normalized spacial score (nSPS) is 11.5. The quantitative estimate of drug-likeness (QED) is 0.698. The number of benzene rings is 1. The summed E-state index contributed by atoms with van der Waals surface area (Å²) >= 11 is 9.31. The fourth-order valence-corrected chi connectivity index (χ4v) is 2.11. The van der Waals surface area contributed by atoms with Crippen LogP contribution in [0.4, 0.5) is 4.39 Å². The van der Waals surface area contributed by atoms with Gasteiger partial charge < -0.3 is 0 Å². The predicted octanol–water partition coefficient (Wildman–Crippen LogP) is 4.47. The molecule has 0 aliphatic rings. The summed E-state index contributed by atoms with van der Waals surface area (Å²) in [5.41, 5.74) is 0.667. The van der Waals surface area contributed by atoms with Gasteiger partial charge in [-0.25, -0.2) is 4.39 Å². The smallest absolute Gasteiger partial charge is 0.127 e. The average Bonchev–Trinajstić information content (AvgIpc) is 2.28. The first-order chi connectivity index (χ1) is 8.04. The molecule has 96 valence electrons. The number of hydrogen-bond acceptors (Lipinski definition) is 1. The monoisotopic (exact) mass is 321 g/mol. The van der Waals surface area contributed by atoms with E-state index in [0.717, 1.165) is 18.3 Å². The van der Waals surface area contributed by atoms with Crippen LogP contribution in [0.15, 0.2) is 18.2 Å². The Morgan fingerprint density at radius 1 is 1.41 bits per heavy atom. The zero-order valence-electron chi connectivity index (χ0n) is 10.2. The summed E-state index contributed by atoms with van der Waals surface area (Å²) in [5, 5.41) is 1.56. The topological polar surface area (TPSA) is 3.24 Å². The molecule has 0 unspecified atom stereocenters. The maximum atomic E-state index is 13.6. The van der Waals surface area contributed by atoms with Crippen molar-refractivity contribution in [3.8, 4) is 0 Å². The molecule has 0 saturated heterocycles. The molecule has 0 aliphatic heterocycles. The Morgan fingerprint density at radius 3 is 2.71 bits per heavy atom. The van der Waals surface area contributed by atoms with Crippen LogP contribution in [0.5, 0.6) is 0 Å². The summed E-state index contributed by atoms with van der Waals surface area (Å²) in [5.74, 6) is -0.182. The molecule has 4 heteroatoms. The van der Waals surface area contributed by atoms with Gasteiger partial charge in [0.2, 0.25) is 0 Å². The minimum atomic E-state index is -0.182. The zero-order chi connectivity index (χ0) is 12.8. The van der Waals surface area contributed by atoms with E-state index < -0.39 is 0 Å². The average molecular weight is 323 g/mol. The van der Waals surface area contributed by atoms with E-state index in [-0.39, 0.29) is 5.82 Å². The van der Waals surface area contributed by atoms with E-state index in [0.29, 0.717) is 23.2 Å². The highest BCUT2D eigenvalue weighted by Gasteiger charge is 2.12. The van der Waals surface area contributed by atoms with Gasteiger partial charge in [0.05, 0.1) is 0 Å². The van der Waals surface area contributed by atoms with Crippen molar-refractivity contribution in [3.63, 3.8) is 0 Å². The third kappa shape index (κ3) is 4.94. The second kappa shape index (κ2) is 7.34. The van der Waals surface area contributed by atoms with Crippen molar-refractivity contribution in [2.75, 3.05) is 11.9 Å². The molecule has 17 heavy (non-hydrogen) atoms. The largest absolute Gasteiger partial charge is 0.297 e. The lowest BCUT2D eigenvalue weighted by atomic mass is 10.1. The molecule has 1 aromatic rings. The Hall–Kier alpha value is -0.120. The molecule has 1 rings (SSSR count). The highest BCUT2D eigenvalue weighted by Crippen LogP contribution is 2.18. The summed E-state index contributed by atoms with van der Waals surface area (Å²) in [4.78, 5) is 2.25. The Kier molecular flexibility index (Phi) is 6.45. The number of halogens is 3. The van der Waals surface area contributed by atoms with Gasteiger partial charge in [0.25, 0.3) is 0 Å². The Balaban J connectivity index is 2.74. The maximum absolute atomic E-state index is 13.6. The highest BCUT2D eigenvalue weighted by molar-refractivity contribution is 9.09. The van der Waals surface area contributed by atoms with Gasteiger partial charge >= 0.3 is 0 Å². The van der Waals surface area contributed by atoms with Crippen LogP contribution in [0.2, 0.25) is 5.02 Å². The van der Waals surface area contributed by atoms with E-state index in [1.54, 1.807) is 12.1 Å². The van der Waals surface area contributed by atoms with E-state index in [1.807, 2.05) is 0 Å². The third-order valence-electron chi connectivity index (χ3n) is 2.69. The molecule has 0 atom stereocenters. The van der Waals surface area contributed by atoms with Gasteiger partial charge in [0.15, 0.2) is 0 Å². The molecule has 0 spiro atoms. The second-order valence-electron chi connectivity index (χ2n) is 4.34. The van der Waals surface area contributed by atoms with Gasteiger partial charge in [0, 0.05) is 28.5 Å². The van der Waals surface area contributed by atoms with Gasteiger partial charge in [-0.2, -0.15) is 0 Å². The molecule has 0 N–H and O–H groups in total. The standard InChI is InChI=1S/C13H18BrClFN/c1-10(2)17(7-3-6-14)9-11-8-12(15)4-5-13(11)16/h4-5,8,10H,3,6-7,9H2,1-2H3. The van der Waals surface area contributed by atoms with Crippen LogP contribution in [-0.4, -0.2) is 22.8 Å². The summed E-state index contributed by atoms with van der Waals surface area (Å²) < 4.78 is 13.6. The van der Waals surface area contributed by atoms with E-state index in [4.69, 9.17) is 11.6 Å². The minimum absolute atomic E-state index is 0.182. The molecule has 0 radical (unpaired) electrons. The molecule has 0 amide bonds. The van der Waals surface area contributed by atoms with Crippen molar-refractivity contribution in [2.24, 2.45) is 0 Å². The van der Waals surface area contributed by atoms with Gasteiger partial charge in [0.1, 0.15) is 5.82 Å². The Morgan fingerprint density at radius 2 is 2.12 bits per heavy atom. The summed E-state index contributed by atoms with van der Waals surface area (Å²) in [7, 11) is 0. The van der Waals surface area contributed by atoms with Crippen LogP contribution in [0.3, 0.4) is 0 Å². The first-order valence-electron chi connectivity index (χ1n) is 5.78. The first kappa shape index (κ1) is 14.9. The lowest BCUT2D eigenvalue weighted by Gasteiger charge is -2.26. The van der Waals surface area contributed by atoms with Crippen LogP contribution in [0, 0.1) is 5.82 Å². The van der Waals surface area contributed by atoms with E-state index >= 15 is 0 Å². The molecular weight excluding hydrogens is 305 g/mol. The van der Waals surface area contributed by atoms with Crippen molar-refractivity contribution in [3.05, 3.63) is 34.6 Å². The SMILES string of the molecule is CC(C)N(CCCBr)Cc1cc(Cl)ccc1F. The Bertz CT molecular complexity index is 357. The molecule has 0 aromatic heterocycles. The molecule has 1 nitrogen and oxygen atoms in total. The van der Waals surface area contributed by atoms with Gasteiger partial charge in [-0.15, -0.1) is 0 Å². The van der Waals surface area contributed by atoms with E-state index in [1.165, 1.54) is 6.07 Å². The summed E-state index contributed by atoms with van der Waals surface area (Å²) in [6.45, 7) is 5.80. The van der Waals surface area contributed by atoms with Crippen molar-refractivity contribution >= 4 is 27.5 Å².